The fourth-order valence-electron chi connectivity index (χ4n) is 3.59. The van der Waals surface area contributed by atoms with Gasteiger partial charge in [-0.3, -0.25) is 4.79 Å². The Kier molecular flexibility index (Phi) is 9.59. The van der Waals surface area contributed by atoms with Gasteiger partial charge >= 0.3 is 16.1 Å². The molecule has 0 radical (unpaired) electrons. The Morgan fingerprint density at radius 3 is 2.19 bits per heavy atom. The number of benzene rings is 3. The zero-order valence-corrected chi connectivity index (χ0v) is 21.4. The standard InChI is InChI=1S/C28H29NO7S/c1-3-35-26(28(31)32)20-22-11-15-24(16-12-22)29(27(30)23-9-5-4-6-10-23)19-7-8-21-13-17-25(18-14-21)36-37(2,33)34/h4-18,26H,3,19-20H2,1-2H3,(H,31,32). The van der Waals surface area contributed by atoms with Crippen LogP contribution in [0.4, 0.5) is 5.69 Å². The van der Waals surface area contributed by atoms with Gasteiger partial charge in [0.25, 0.3) is 5.91 Å². The van der Waals surface area contributed by atoms with Crippen LogP contribution in [0.25, 0.3) is 6.08 Å². The topological polar surface area (TPSA) is 110 Å². The Hall–Kier alpha value is -3.95. The highest BCUT2D eigenvalue weighted by atomic mass is 32.2. The van der Waals surface area contributed by atoms with Crippen LogP contribution in [0.2, 0.25) is 0 Å². The second-order valence-electron chi connectivity index (χ2n) is 8.19. The first-order valence-electron chi connectivity index (χ1n) is 11.6. The number of carboxylic acids is 1. The van der Waals surface area contributed by atoms with Gasteiger partial charge in [-0.15, -0.1) is 0 Å². The number of hydrogen-bond acceptors (Lipinski definition) is 6. The largest absolute Gasteiger partial charge is 0.479 e. The third-order valence-electron chi connectivity index (χ3n) is 5.30. The summed E-state index contributed by atoms with van der Waals surface area (Å²) in [6, 6.07) is 22.6. The third-order valence-corrected chi connectivity index (χ3v) is 5.80. The fraction of sp³-hybridized carbons (Fsp3) is 0.214. The minimum absolute atomic E-state index is 0.187. The highest BCUT2D eigenvalue weighted by Gasteiger charge is 2.19. The number of ether oxygens (including phenoxy) is 1. The lowest BCUT2D eigenvalue weighted by Crippen LogP contribution is -2.31. The van der Waals surface area contributed by atoms with Gasteiger partial charge in [0.1, 0.15) is 5.75 Å². The van der Waals surface area contributed by atoms with E-state index in [4.69, 9.17) is 8.92 Å². The SMILES string of the molecule is CCOC(Cc1ccc(N(CC=Cc2ccc(OS(C)(=O)=O)cc2)C(=O)c2ccccc2)cc1)C(=O)O. The van der Waals surface area contributed by atoms with Crippen molar-refractivity contribution in [1.82, 2.24) is 0 Å². The predicted molar refractivity (Wildman–Crippen MR) is 142 cm³/mol. The van der Waals surface area contributed by atoms with Gasteiger partial charge in [0.05, 0.1) is 6.26 Å². The molecule has 3 aromatic rings. The number of amides is 1. The van der Waals surface area contributed by atoms with Gasteiger partial charge in [-0.05, 0) is 54.4 Å². The Morgan fingerprint density at radius 1 is 0.973 bits per heavy atom. The molecular weight excluding hydrogens is 494 g/mol. The van der Waals surface area contributed by atoms with E-state index in [-0.39, 0.29) is 24.6 Å². The molecule has 0 heterocycles. The van der Waals surface area contributed by atoms with Gasteiger partial charge < -0.3 is 18.9 Å². The summed E-state index contributed by atoms with van der Waals surface area (Å²) in [5.74, 6) is -0.990. The lowest BCUT2D eigenvalue weighted by atomic mass is 10.1. The molecule has 0 aliphatic carbocycles. The van der Waals surface area contributed by atoms with E-state index in [0.29, 0.717) is 17.9 Å². The van der Waals surface area contributed by atoms with Gasteiger partial charge in [0.15, 0.2) is 6.10 Å². The van der Waals surface area contributed by atoms with E-state index in [0.717, 1.165) is 17.4 Å². The quantitative estimate of drug-likeness (QED) is 0.350. The van der Waals surface area contributed by atoms with Crippen molar-refractivity contribution in [3.05, 3.63) is 102 Å². The number of hydrogen-bond donors (Lipinski definition) is 1. The number of carbonyl (C=O) groups excluding carboxylic acids is 1. The van der Waals surface area contributed by atoms with Crippen molar-refractivity contribution in [2.75, 3.05) is 24.3 Å². The van der Waals surface area contributed by atoms with Crippen LogP contribution in [-0.2, 0) is 26.1 Å². The minimum Gasteiger partial charge on any atom is -0.479 e. The molecule has 0 saturated heterocycles. The molecule has 0 aliphatic heterocycles. The molecule has 3 aromatic carbocycles. The summed E-state index contributed by atoms with van der Waals surface area (Å²) in [4.78, 5) is 26.4. The number of anilines is 1. The van der Waals surface area contributed by atoms with E-state index in [1.54, 1.807) is 84.6 Å². The summed E-state index contributed by atoms with van der Waals surface area (Å²) in [6.07, 6.45) is 3.92. The van der Waals surface area contributed by atoms with Crippen molar-refractivity contribution >= 4 is 33.8 Å². The van der Waals surface area contributed by atoms with Gasteiger partial charge in [-0.25, -0.2) is 4.79 Å². The van der Waals surface area contributed by atoms with Gasteiger partial charge in [0.2, 0.25) is 0 Å². The molecule has 0 fully saturated rings. The van der Waals surface area contributed by atoms with Gasteiger partial charge in [-0.2, -0.15) is 8.42 Å². The van der Waals surface area contributed by atoms with E-state index in [1.807, 2.05) is 18.2 Å². The molecule has 3 rings (SSSR count). The fourth-order valence-corrected chi connectivity index (χ4v) is 4.05. The van der Waals surface area contributed by atoms with Crippen molar-refractivity contribution < 1.29 is 32.0 Å². The van der Waals surface area contributed by atoms with Crippen LogP contribution in [0, 0.1) is 0 Å². The molecule has 8 nitrogen and oxygen atoms in total. The monoisotopic (exact) mass is 523 g/mol. The average Bonchev–Trinajstić information content (AvgIpc) is 2.87. The van der Waals surface area contributed by atoms with E-state index >= 15 is 0 Å². The summed E-state index contributed by atoms with van der Waals surface area (Å²) in [5.41, 5.74) is 2.77. The molecule has 0 aromatic heterocycles. The smallest absolute Gasteiger partial charge is 0.333 e. The van der Waals surface area contributed by atoms with Crippen LogP contribution in [0.15, 0.2) is 84.9 Å². The predicted octanol–water partition coefficient (Wildman–Crippen LogP) is 4.42. The summed E-state index contributed by atoms with van der Waals surface area (Å²) in [5, 5.41) is 9.34. The molecule has 1 unspecified atom stereocenters. The van der Waals surface area contributed by atoms with Crippen LogP contribution in [-0.4, -0.2) is 50.9 Å². The molecule has 194 valence electrons. The van der Waals surface area contributed by atoms with E-state index in [1.165, 1.54) is 0 Å². The van der Waals surface area contributed by atoms with Crippen LogP contribution < -0.4 is 9.08 Å². The van der Waals surface area contributed by atoms with Crippen LogP contribution in [0.3, 0.4) is 0 Å². The Bertz CT molecular complexity index is 1320. The Balaban J connectivity index is 1.79. The number of aliphatic carboxylic acids is 1. The zero-order valence-electron chi connectivity index (χ0n) is 20.6. The van der Waals surface area contributed by atoms with Crippen LogP contribution >= 0.6 is 0 Å². The lowest BCUT2D eigenvalue weighted by molar-refractivity contribution is -0.149. The maximum absolute atomic E-state index is 13.3. The average molecular weight is 524 g/mol. The van der Waals surface area contributed by atoms with E-state index in [2.05, 4.69) is 0 Å². The van der Waals surface area contributed by atoms with Crippen molar-refractivity contribution in [2.24, 2.45) is 0 Å². The highest BCUT2D eigenvalue weighted by molar-refractivity contribution is 7.86. The minimum atomic E-state index is -3.60. The third kappa shape index (κ3) is 8.59. The zero-order chi connectivity index (χ0) is 26.8. The number of nitrogens with zero attached hydrogens (tertiary/aromatic N) is 1. The summed E-state index contributed by atoms with van der Waals surface area (Å²) < 4.78 is 32.7. The molecule has 37 heavy (non-hydrogen) atoms. The van der Waals surface area contributed by atoms with Crippen LogP contribution in [0.5, 0.6) is 5.75 Å². The Morgan fingerprint density at radius 2 is 1.62 bits per heavy atom. The summed E-state index contributed by atoms with van der Waals surface area (Å²) in [7, 11) is -3.60. The maximum atomic E-state index is 13.3. The van der Waals surface area contributed by atoms with E-state index < -0.39 is 22.2 Å². The van der Waals surface area contributed by atoms with Crippen molar-refractivity contribution in [1.29, 1.82) is 0 Å². The molecule has 0 saturated carbocycles. The molecular formula is C28H29NO7S. The number of carboxylic acid groups (broad SMARTS) is 1. The first-order valence-corrected chi connectivity index (χ1v) is 13.4. The molecule has 0 spiro atoms. The number of carbonyl (C=O) groups is 2. The molecule has 1 atom stereocenters. The summed E-state index contributed by atoms with van der Waals surface area (Å²) in [6.45, 7) is 2.32. The highest BCUT2D eigenvalue weighted by Crippen LogP contribution is 2.21. The number of rotatable bonds is 12. The molecule has 1 amide bonds. The Labute approximate surface area is 216 Å². The van der Waals surface area contributed by atoms with Crippen molar-refractivity contribution in [3.63, 3.8) is 0 Å². The second-order valence-corrected chi connectivity index (χ2v) is 9.77. The normalized spacial score (nSPS) is 12.3. The molecule has 0 aliphatic rings. The molecule has 0 bridgehead atoms. The van der Waals surface area contributed by atoms with Crippen molar-refractivity contribution in [3.8, 4) is 5.75 Å². The first kappa shape index (κ1) is 27.6. The van der Waals surface area contributed by atoms with Gasteiger partial charge in [0, 0.05) is 30.8 Å². The first-order chi connectivity index (χ1) is 17.7. The summed E-state index contributed by atoms with van der Waals surface area (Å²) >= 11 is 0. The second kappa shape index (κ2) is 12.8. The maximum Gasteiger partial charge on any atom is 0.333 e. The van der Waals surface area contributed by atoms with Crippen LogP contribution in [0.1, 0.15) is 28.4 Å². The van der Waals surface area contributed by atoms with Gasteiger partial charge in [-0.1, -0.05) is 54.6 Å². The molecule has 1 N–H and O–H groups in total. The molecule has 9 heteroatoms. The van der Waals surface area contributed by atoms with E-state index in [9.17, 15) is 23.1 Å². The lowest BCUT2D eigenvalue weighted by Gasteiger charge is -2.22. The van der Waals surface area contributed by atoms with Crippen molar-refractivity contribution in [2.45, 2.75) is 19.4 Å².